The van der Waals surface area contributed by atoms with Crippen LogP contribution in [0.25, 0.3) is 11.0 Å². The Balaban J connectivity index is 1.44. The van der Waals surface area contributed by atoms with E-state index in [9.17, 15) is 0 Å². The average molecular weight is 429 g/mol. The molecule has 0 N–H and O–H groups in total. The molecule has 0 unspecified atom stereocenters. The molecule has 5 heteroatoms. The minimum atomic E-state index is 0.572. The molecule has 1 heterocycles. The second kappa shape index (κ2) is 11.3. The van der Waals surface area contributed by atoms with Gasteiger partial charge in [-0.2, -0.15) is 0 Å². The van der Waals surface area contributed by atoms with Gasteiger partial charge in [-0.1, -0.05) is 74.6 Å². The van der Waals surface area contributed by atoms with E-state index in [1.165, 1.54) is 32.1 Å². The Morgan fingerprint density at radius 3 is 2.25 bits per heavy atom. The van der Waals surface area contributed by atoms with Crippen molar-refractivity contribution in [2.24, 2.45) is 0 Å². The molecule has 3 aromatic carbocycles. The highest BCUT2D eigenvalue weighted by molar-refractivity contribution is 5.74. The van der Waals surface area contributed by atoms with Crippen molar-refractivity contribution in [2.45, 2.75) is 52.1 Å². The Bertz CT molecular complexity index is 1080. The number of aromatic nitrogens is 3. The molecule has 0 aliphatic rings. The lowest BCUT2D eigenvalue weighted by Crippen LogP contribution is -2.22. The maximum atomic E-state index is 5.97. The zero-order chi connectivity index (χ0) is 22.0. The van der Waals surface area contributed by atoms with Crippen LogP contribution in [0.15, 0.2) is 78.9 Å². The number of anilines is 2. The molecular weight excluding hydrogens is 396 g/mol. The van der Waals surface area contributed by atoms with Crippen molar-refractivity contribution in [2.75, 3.05) is 11.5 Å². The van der Waals surface area contributed by atoms with Crippen LogP contribution in [-0.4, -0.2) is 21.6 Å². The van der Waals surface area contributed by atoms with Crippen LogP contribution >= 0.6 is 0 Å². The van der Waals surface area contributed by atoms with Crippen LogP contribution in [-0.2, 0) is 6.67 Å². The van der Waals surface area contributed by atoms with Crippen LogP contribution in [0.1, 0.15) is 45.4 Å². The van der Waals surface area contributed by atoms with E-state index in [1.54, 1.807) is 0 Å². The number of fused-ring (bicyclic) bond motifs is 1. The lowest BCUT2D eigenvalue weighted by molar-refractivity contribution is 0.304. The summed E-state index contributed by atoms with van der Waals surface area (Å²) in [6, 6.07) is 26.8. The van der Waals surface area contributed by atoms with Crippen LogP contribution in [0, 0.1) is 0 Å². The quantitative estimate of drug-likeness (QED) is 0.229. The van der Waals surface area contributed by atoms with Gasteiger partial charge in [0.2, 0.25) is 0 Å². The highest BCUT2D eigenvalue weighted by Crippen LogP contribution is 2.28. The number of benzene rings is 3. The fraction of sp³-hybridized carbons (Fsp3) is 0.333. The first-order valence-corrected chi connectivity index (χ1v) is 11.7. The van der Waals surface area contributed by atoms with E-state index in [-0.39, 0.29) is 0 Å². The van der Waals surface area contributed by atoms with Crippen molar-refractivity contribution in [3.05, 3.63) is 78.9 Å². The normalized spacial score (nSPS) is 11.0. The highest BCUT2D eigenvalue weighted by Gasteiger charge is 2.13. The molecule has 5 nitrogen and oxygen atoms in total. The lowest BCUT2D eigenvalue weighted by Gasteiger charge is -2.25. The number of rotatable bonds is 12. The molecule has 32 heavy (non-hydrogen) atoms. The summed E-state index contributed by atoms with van der Waals surface area (Å²) in [5.74, 6) is 0.918. The largest absolute Gasteiger partial charge is 0.494 e. The Hall–Kier alpha value is -3.34. The minimum Gasteiger partial charge on any atom is -0.494 e. The first kappa shape index (κ1) is 21.9. The smallest absolute Gasteiger partial charge is 0.119 e. The summed E-state index contributed by atoms with van der Waals surface area (Å²) in [4.78, 5) is 2.23. The van der Waals surface area contributed by atoms with Crippen molar-refractivity contribution in [1.29, 1.82) is 0 Å². The van der Waals surface area contributed by atoms with Gasteiger partial charge in [0.1, 0.15) is 17.9 Å². The monoisotopic (exact) mass is 428 g/mol. The minimum absolute atomic E-state index is 0.572. The van der Waals surface area contributed by atoms with Crippen LogP contribution in [0.4, 0.5) is 11.4 Å². The molecule has 0 saturated carbocycles. The summed E-state index contributed by atoms with van der Waals surface area (Å²) < 4.78 is 7.91. The lowest BCUT2D eigenvalue weighted by atomic mass is 10.1. The van der Waals surface area contributed by atoms with Crippen LogP contribution in [0.2, 0.25) is 0 Å². The van der Waals surface area contributed by atoms with E-state index in [0.717, 1.165) is 41.2 Å². The summed E-state index contributed by atoms with van der Waals surface area (Å²) in [6.45, 7) is 3.60. The van der Waals surface area contributed by atoms with Gasteiger partial charge >= 0.3 is 0 Å². The molecule has 0 spiro atoms. The fourth-order valence-corrected chi connectivity index (χ4v) is 3.87. The third kappa shape index (κ3) is 5.67. The molecular formula is C27H32N4O. The highest BCUT2D eigenvalue weighted by atomic mass is 16.5. The summed E-state index contributed by atoms with van der Waals surface area (Å²) in [7, 11) is 0. The summed E-state index contributed by atoms with van der Waals surface area (Å²) in [6.07, 6.45) is 7.62. The third-order valence-corrected chi connectivity index (χ3v) is 5.68. The van der Waals surface area contributed by atoms with Crippen molar-refractivity contribution in [1.82, 2.24) is 15.0 Å². The van der Waals surface area contributed by atoms with Gasteiger partial charge in [0, 0.05) is 11.4 Å². The number of para-hydroxylation sites is 2. The summed E-state index contributed by atoms with van der Waals surface area (Å²) >= 11 is 0. The van der Waals surface area contributed by atoms with Crippen molar-refractivity contribution in [3.8, 4) is 5.75 Å². The SMILES string of the molecule is CCCCCCCCOc1ccc(N(Cn2nnc3ccccc32)c2ccccc2)cc1. The Morgan fingerprint density at radius 1 is 0.750 bits per heavy atom. The first-order valence-electron chi connectivity index (χ1n) is 11.7. The predicted octanol–water partition coefficient (Wildman–Crippen LogP) is 6.97. The molecule has 0 saturated heterocycles. The Kier molecular flexibility index (Phi) is 7.74. The first-order chi connectivity index (χ1) is 15.8. The maximum absolute atomic E-state index is 5.97. The van der Waals surface area contributed by atoms with Crippen molar-refractivity contribution < 1.29 is 4.74 Å². The van der Waals surface area contributed by atoms with Crippen LogP contribution in [0.3, 0.4) is 0 Å². The zero-order valence-corrected chi connectivity index (χ0v) is 18.9. The molecule has 0 fully saturated rings. The van der Waals surface area contributed by atoms with Gasteiger partial charge < -0.3 is 9.64 Å². The van der Waals surface area contributed by atoms with Crippen molar-refractivity contribution in [3.63, 3.8) is 0 Å². The van der Waals surface area contributed by atoms with Gasteiger partial charge in [0.25, 0.3) is 0 Å². The number of hydrogen-bond donors (Lipinski definition) is 0. The average Bonchev–Trinajstić information content (AvgIpc) is 3.26. The summed E-state index contributed by atoms with van der Waals surface area (Å²) in [5, 5.41) is 8.69. The molecule has 0 amide bonds. The van der Waals surface area contributed by atoms with Crippen LogP contribution < -0.4 is 9.64 Å². The molecule has 0 atom stereocenters. The van der Waals surface area contributed by atoms with Gasteiger partial charge in [0.05, 0.1) is 12.1 Å². The predicted molar refractivity (Wildman–Crippen MR) is 131 cm³/mol. The zero-order valence-electron chi connectivity index (χ0n) is 18.9. The topological polar surface area (TPSA) is 43.2 Å². The molecule has 166 valence electrons. The standard InChI is InChI=1S/C27H32N4O/c1-2-3-4-5-6-12-21-32-25-19-17-24(18-20-25)30(23-13-8-7-9-14-23)22-31-27-16-11-10-15-26(27)28-29-31/h7-11,13-20H,2-6,12,21-22H2,1H3. The van der Waals surface area contributed by atoms with Crippen molar-refractivity contribution >= 4 is 22.4 Å². The van der Waals surface area contributed by atoms with Gasteiger partial charge in [-0.3, -0.25) is 0 Å². The van der Waals surface area contributed by atoms with E-state index in [0.29, 0.717) is 6.67 Å². The molecule has 0 aliphatic carbocycles. The third-order valence-electron chi connectivity index (χ3n) is 5.68. The number of hydrogen-bond acceptors (Lipinski definition) is 4. The molecule has 0 aliphatic heterocycles. The molecule has 4 aromatic rings. The van der Waals surface area contributed by atoms with E-state index in [1.807, 2.05) is 28.9 Å². The van der Waals surface area contributed by atoms with E-state index < -0.39 is 0 Å². The van der Waals surface area contributed by atoms with Gasteiger partial charge in [0.15, 0.2) is 0 Å². The fourth-order valence-electron chi connectivity index (χ4n) is 3.87. The van der Waals surface area contributed by atoms with E-state index >= 15 is 0 Å². The second-order valence-electron chi connectivity index (χ2n) is 8.09. The van der Waals surface area contributed by atoms with Gasteiger partial charge in [-0.25, -0.2) is 4.68 Å². The van der Waals surface area contributed by atoms with Gasteiger partial charge in [-0.15, -0.1) is 5.10 Å². The maximum Gasteiger partial charge on any atom is 0.119 e. The molecule has 0 radical (unpaired) electrons. The number of ether oxygens (including phenoxy) is 1. The Morgan fingerprint density at radius 2 is 1.44 bits per heavy atom. The van der Waals surface area contributed by atoms with E-state index in [2.05, 4.69) is 76.7 Å². The molecule has 4 rings (SSSR count). The number of unbranched alkanes of at least 4 members (excludes halogenated alkanes) is 5. The number of nitrogens with zero attached hydrogens (tertiary/aromatic N) is 4. The van der Waals surface area contributed by atoms with E-state index in [4.69, 9.17) is 4.74 Å². The Labute approximate surface area is 190 Å². The second-order valence-corrected chi connectivity index (χ2v) is 8.09. The van der Waals surface area contributed by atoms with Crippen LogP contribution in [0.5, 0.6) is 5.75 Å². The molecule has 0 bridgehead atoms. The van der Waals surface area contributed by atoms with Gasteiger partial charge in [-0.05, 0) is 55.0 Å². The molecule has 1 aromatic heterocycles. The summed E-state index contributed by atoms with van der Waals surface area (Å²) in [5.41, 5.74) is 4.11.